The molecule has 2 fully saturated rings. The van der Waals surface area contributed by atoms with Gasteiger partial charge in [-0.05, 0) is 25.0 Å². The van der Waals surface area contributed by atoms with E-state index in [1.54, 1.807) is 4.90 Å². The molecular weight excluding hydrogens is 298 g/mol. The van der Waals surface area contributed by atoms with Crippen molar-refractivity contribution in [2.24, 2.45) is 0 Å². The third-order valence-electron chi connectivity index (χ3n) is 5.44. The molecule has 1 aromatic heterocycles. The normalized spacial score (nSPS) is 20.5. The van der Waals surface area contributed by atoms with Crippen molar-refractivity contribution < 1.29 is 4.90 Å². The topological polar surface area (TPSA) is 45.5 Å². The predicted molar refractivity (Wildman–Crippen MR) is 98.9 cm³/mol. The molecule has 0 amide bonds. The van der Waals surface area contributed by atoms with Gasteiger partial charge in [0, 0.05) is 11.4 Å². The summed E-state index contributed by atoms with van der Waals surface area (Å²) >= 11 is 0. The highest BCUT2D eigenvalue weighted by Gasteiger charge is 2.21. The van der Waals surface area contributed by atoms with Gasteiger partial charge in [0.05, 0.1) is 38.7 Å². The zero-order chi connectivity index (χ0) is 16.4. The van der Waals surface area contributed by atoms with Crippen LogP contribution in [-0.4, -0.2) is 49.2 Å². The summed E-state index contributed by atoms with van der Waals surface area (Å²) in [5.74, 6) is 1.91. The Balaban J connectivity index is 1.65. The lowest BCUT2D eigenvalue weighted by molar-refractivity contribution is -0.880. The van der Waals surface area contributed by atoms with Crippen molar-refractivity contribution in [1.82, 2.24) is 9.97 Å². The standard InChI is InChI=1S/C19H27N5/c1-23-11-13-24(14-12-23)19-21-17-10-6-5-9-16(17)18(22-19)20-15-7-3-2-4-8-15/h5-6,9-10,15H,2-4,7-8,11-14H2,1H3,(H,20,21,22)/p+1. The fourth-order valence-electron chi connectivity index (χ4n) is 3.84. The van der Waals surface area contributed by atoms with Crippen LogP contribution < -0.4 is 15.1 Å². The Morgan fingerprint density at radius 1 is 1.04 bits per heavy atom. The first-order valence-electron chi connectivity index (χ1n) is 9.39. The number of rotatable bonds is 3. The molecule has 1 saturated heterocycles. The largest absolute Gasteiger partial charge is 0.367 e. The average molecular weight is 326 g/mol. The zero-order valence-corrected chi connectivity index (χ0v) is 14.6. The molecule has 2 heterocycles. The number of aromatic nitrogens is 2. The average Bonchev–Trinajstić information content (AvgIpc) is 2.63. The van der Waals surface area contributed by atoms with E-state index in [0.717, 1.165) is 48.8 Å². The van der Waals surface area contributed by atoms with Crippen LogP contribution in [0.15, 0.2) is 24.3 Å². The van der Waals surface area contributed by atoms with E-state index >= 15 is 0 Å². The summed E-state index contributed by atoms with van der Waals surface area (Å²) < 4.78 is 0. The highest BCUT2D eigenvalue weighted by molar-refractivity contribution is 5.90. The van der Waals surface area contributed by atoms with E-state index in [9.17, 15) is 0 Å². The Hall–Kier alpha value is -1.88. The van der Waals surface area contributed by atoms with Crippen LogP contribution >= 0.6 is 0 Å². The van der Waals surface area contributed by atoms with Gasteiger partial charge >= 0.3 is 0 Å². The fraction of sp³-hybridized carbons (Fsp3) is 0.579. The number of hydrogen-bond acceptors (Lipinski definition) is 4. The quantitative estimate of drug-likeness (QED) is 0.901. The highest BCUT2D eigenvalue weighted by atomic mass is 15.3. The van der Waals surface area contributed by atoms with Gasteiger partial charge in [-0.25, -0.2) is 4.98 Å². The van der Waals surface area contributed by atoms with Crippen molar-refractivity contribution in [2.45, 2.75) is 38.1 Å². The molecule has 2 aliphatic rings. The van der Waals surface area contributed by atoms with Gasteiger partial charge in [0.2, 0.25) is 5.95 Å². The molecule has 128 valence electrons. The van der Waals surface area contributed by atoms with Gasteiger partial charge in [-0.1, -0.05) is 31.4 Å². The molecule has 0 bridgehead atoms. The van der Waals surface area contributed by atoms with Crippen molar-refractivity contribution in [1.29, 1.82) is 0 Å². The highest BCUT2D eigenvalue weighted by Crippen LogP contribution is 2.27. The molecule has 5 heteroatoms. The van der Waals surface area contributed by atoms with E-state index in [2.05, 4.69) is 41.5 Å². The Morgan fingerprint density at radius 3 is 2.58 bits per heavy atom. The first-order valence-corrected chi connectivity index (χ1v) is 9.39. The molecule has 24 heavy (non-hydrogen) atoms. The first-order chi connectivity index (χ1) is 11.8. The maximum absolute atomic E-state index is 4.94. The number of likely N-dealkylation sites (N-methyl/N-ethyl adjacent to an activating group) is 1. The van der Waals surface area contributed by atoms with Gasteiger partial charge in [-0.15, -0.1) is 0 Å². The van der Waals surface area contributed by atoms with Crippen LogP contribution in [-0.2, 0) is 0 Å². The van der Waals surface area contributed by atoms with E-state index in [4.69, 9.17) is 9.97 Å². The molecule has 4 rings (SSSR count). The predicted octanol–water partition coefficient (Wildman–Crippen LogP) is 1.71. The monoisotopic (exact) mass is 326 g/mol. The minimum atomic E-state index is 0.557. The zero-order valence-electron chi connectivity index (χ0n) is 14.6. The van der Waals surface area contributed by atoms with E-state index in [1.165, 1.54) is 32.1 Å². The van der Waals surface area contributed by atoms with Gasteiger partial charge in [-0.2, -0.15) is 4.98 Å². The second kappa shape index (κ2) is 6.93. The van der Waals surface area contributed by atoms with E-state index in [-0.39, 0.29) is 0 Å². The molecule has 0 spiro atoms. The number of nitrogens with one attached hydrogen (secondary N) is 2. The maximum atomic E-state index is 4.94. The number of hydrogen-bond donors (Lipinski definition) is 2. The van der Waals surface area contributed by atoms with Crippen molar-refractivity contribution in [3.63, 3.8) is 0 Å². The lowest BCUT2D eigenvalue weighted by Crippen LogP contribution is -3.12. The number of benzene rings is 1. The minimum absolute atomic E-state index is 0.557. The molecule has 0 unspecified atom stereocenters. The summed E-state index contributed by atoms with van der Waals surface area (Å²) in [6, 6.07) is 8.95. The van der Waals surface area contributed by atoms with Crippen LogP contribution in [0.2, 0.25) is 0 Å². The van der Waals surface area contributed by atoms with E-state index in [1.807, 2.05) is 0 Å². The third-order valence-corrected chi connectivity index (χ3v) is 5.44. The van der Waals surface area contributed by atoms with E-state index < -0.39 is 0 Å². The van der Waals surface area contributed by atoms with Gasteiger partial charge in [-0.3, -0.25) is 0 Å². The molecule has 1 aliphatic carbocycles. The number of nitrogens with zero attached hydrogens (tertiary/aromatic N) is 3. The van der Waals surface area contributed by atoms with Crippen molar-refractivity contribution in [3.8, 4) is 0 Å². The number of para-hydroxylation sites is 1. The molecule has 0 atom stereocenters. The summed E-state index contributed by atoms with van der Waals surface area (Å²) in [4.78, 5) is 13.7. The second-order valence-corrected chi connectivity index (χ2v) is 7.31. The van der Waals surface area contributed by atoms with Crippen molar-refractivity contribution >= 4 is 22.7 Å². The molecular formula is C19H28N5+. The number of fused-ring (bicyclic) bond motifs is 1. The van der Waals surface area contributed by atoms with Crippen LogP contribution in [0.25, 0.3) is 10.9 Å². The van der Waals surface area contributed by atoms with Gasteiger partial charge in [0.1, 0.15) is 5.82 Å². The molecule has 1 saturated carbocycles. The Bertz CT molecular complexity index is 687. The van der Waals surface area contributed by atoms with Crippen LogP contribution in [0, 0.1) is 0 Å². The SMILES string of the molecule is C[NH+]1CCN(c2nc(NC3CCCCC3)c3ccccc3n2)CC1. The smallest absolute Gasteiger partial charge is 0.228 e. The van der Waals surface area contributed by atoms with Crippen molar-refractivity contribution in [3.05, 3.63) is 24.3 Å². The first kappa shape index (κ1) is 15.6. The summed E-state index contributed by atoms with van der Waals surface area (Å²) in [5, 5.41) is 4.87. The number of anilines is 2. The molecule has 5 nitrogen and oxygen atoms in total. The summed E-state index contributed by atoms with van der Waals surface area (Å²) in [5.41, 5.74) is 1.05. The Kier molecular flexibility index (Phi) is 4.52. The Morgan fingerprint density at radius 2 is 1.79 bits per heavy atom. The van der Waals surface area contributed by atoms with E-state index in [0.29, 0.717) is 6.04 Å². The molecule has 1 aliphatic heterocycles. The lowest BCUT2D eigenvalue weighted by Gasteiger charge is -2.31. The Labute approximate surface area is 144 Å². The van der Waals surface area contributed by atoms with Crippen LogP contribution in [0.4, 0.5) is 11.8 Å². The van der Waals surface area contributed by atoms with Crippen LogP contribution in [0.1, 0.15) is 32.1 Å². The van der Waals surface area contributed by atoms with Gasteiger partial charge in [0.25, 0.3) is 0 Å². The molecule has 0 radical (unpaired) electrons. The summed E-state index contributed by atoms with van der Waals surface area (Å²) in [6.07, 6.45) is 6.54. The van der Waals surface area contributed by atoms with Gasteiger partial charge in [0.15, 0.2) is 0 Å². The minimum Gasteiger partial charge on any atom is -0.367 e. The van der Waals surface area contributed by atoms with Crippen LogP contribution in [0.3, 0.4) is 0 Å². The summed E-state index contributed by atoms with van der Waals surface area (Å²) in [7, 11) is 2.26. The number of piperazine rings is 1. The van der Waals surface area contributed by atoms with Crippen molar-refractivity contribution in [2.75, 3.05) is 43.4 Å². The van der Waals surface area contributed by atoms with Gasteiger partial charge < -0.3 is 15.1 Å². The maximum Gasteiger partial charge on any atom is 0.228 e. The fourth-order valence-corrected chi connectivity index (χ4v) is 3.84. The second-order valence-electron chi connectivity index (χ2n) is 7.31. The molecule has 1 aromatic carbocycles. The summed E-state index contributed by atoms with van der Waals surface area (Å²) in [6.45, 7) is 4.38. The lowest BCUT2D eigenvalue weighted by atomic mass is 9.95. The number of quaternary nitrogens is 1. The third kappa shape index (κ3) is 3.31. The molecule has 2 aromatic rings. The molecule has 2 N–H and O–H groups in total. The van der Waals surface area contributed by atoms with Crippen LogP contribution in [0.5, 0.6) is 0 Å².